The van der Waals surface area contributed by atoms with E-state index in [0.29, 0.717) is 0 Å². The van der Waals surface area contributed by atoms with E-state index in [1.54, 1.807) is 0 Å². The summed E-state index contributed by atoms with van der Waals surface area (Å²) in [5, 5.41) is 9.07. The molecule has 1 aromatic rings. The largest absolute Gasteiger partial charge is 0.393 e. The summed E-state index contributed by atoms with van der Waals surface area (Å²) >= 11 is 0. The summed E-state index contributed by atoms with van der Waals surface area (Å²) in [6.07, 6.45) is 5.57. The van der Waals surface area contributed by atoms with Gasteiger partial charge in [-0.05, 0) is 31.7 Å². The Morgan fingerprint density at radius 1 is 1.07 bits per heavy atom. The Hall–Kier alpha value is -0.820. The number of rotatable bonds is 6. The van der Waals surface area contributed by atoms with Crippen molar-refractivity contribution in [2.45, 2.75) is 45.1 Å². The highest BCUT2D eigenvalue weighted by molar-refractivity contribution is 5.14. The summed E-state index contributed by atoms with van der Waals surface area (Å²) in [4.78, 5) is 0. The van der Waals surface area contributed by atoms with Crippen molar-refractivity contribution in [3.8, 4) is 0 Å². The molecule has 0 aliphatic heterocycles. The van der Waals surface area contributed by atoms with Gasteiger partial charge in [0.05, 0.1) is 6.10 Å². The zero-order valence-corrected chi connectivity index (χ0v) is 8.95. The quantitative estimate of drug-likeness (QED) is 0.686. The average Bonchev–Trinajstić information content (AvgIpc) is 2.18. The van der Waals surface area contributed by atoms with Crippen LogP contribution >= 0.6 is 0 Å². The summed E-state index contributed by atoms with van der Waals surface area (Å²) in [5.74, 6) is 0. The first-order valence-corrected chi connectivity index (χ1v) is 5.51. The van der Waals surface area contributed by atoms with Gasteiger partial charge < -0.3 is 5.11 Å². The minimum atomic E-state index is -0.133. The zero-order chi connectivity index (χ0) is 10.2. The zero-order valence-electron chi connectivity index (χ0n) is 8.95. The maximum absolute atomic E-state index is 9.07. The highest BCUT2D eigenvalue weighted by Gasteiger charge is 1.96. The van der Waals surface area contributed by atoms with Crippen LogP contribution in [0.1, 0.15) is 38.2 Å². The van der Waals surface area contributed by atoms with E-state index in [-0.39, 0.29) is 6.10 Å². The van der Waals surface area contributed by atoms with Crippen LogP contribution in [0.2, 0.25) is 0 Å². The number of aliphatic hydroxyl groups is 1. The Bertz CT molecular complexity index is 228. The van der Waals surface area contributed by atoms with Crippen LogP contribution in [0.3, 0.4) is 0 Å². The van der Waals surface area contributed by atoms with Gasteiger partial charge in [0.15, 0.2) is 0 Å². The number of hydrogen-bond donors (Lipinski definition) is 1. The Balaban J connectivity index is 2.05. The van der Waals surface area contributed by atoms with Crippen molar-refractivity contribution in [2.24, 2.45) is 0 Å². The van der Waals surface area contributed by atoms with Crippen molar-refractivity contribution in [3.63, 3.8) is 0 Å². The van der Waals surface area contributed by atoms with Gasteiger partial charge in [-0.25, -0.2) is 0 Å². The maximum atomic E-state index is 9.07. The van der Waals surface area contributed by atoms with Crippen molar-refractivity contribution in [1.82, 2.24) is 0 Å². The fourth-order valence-corrected chi connectivity index (χ4v) is 1.59. The van der Waals surface area contributed by atoms with Gasteiger partial charge in [0.25, 0.3) is 0 Å². The van der Waals surface area contributed by atoms with E-state index in [9.17, 15) is 0 Å². The molecule has 1 heteroatoms. The van der Waals surface area contributed by atoms with Gasteiger partial charge in [-0.1, -0.05) is 43.2 Å². The van der Waals surface area contributed by atoms with Gasteiger partial charge in [-0.15, -0.1) is 0 Å². The molecule has 0 aromatic heterocycles. The van der Waals surface area contributed by atoms with Gasteiger partial charge >= 0.3 is 0 Å². The van der Waals surface area contributed by atoms with Gasteiger partial charge in [0, 0.05) is 0 Å². The number of aryl methyl sites for hydroxylation is 1. The average molecular weight is 192 g/mol. The van der Waals surface area contributed by atoms with Crippen LogP contribution in [0.4, 0.5) is 0 Å². The van der Waals surface area contributed by atoms with Crippen molar-refractivity contribution in [2.75, 3.05) is 0 Å². The molecular formula is C13H20O. The second-order valence-electron chi connectivity index (χ2n) is 3.93. The molecule has 0 saturated heterocycles. The van der Waals surface area contributed by atoms with Gasteiger partial charge in [-0.2, -0.15) is 0 Å². The number of unbranched alkanes of at least 4 members (excludes halogenated alkanes) is 2. The van der Waals surface area contributed by atoms with E-state index in [4.69, 9.17) is 5.11 Å². The van der Waals surface area contributed by atoms with E-state index in [1.807, 2.05) is 6.92 Å². The lowest BCUT2D eigenvalue weighted by Gasteiger charge is -2.03. The molecular weight excluding hydrogens is 172 g/mol. The second-order valence-corrected chi connectivity index (χ2v) is 3.93. The molecule has 0 unspecified atom stereocenters. The minimum Gasteiger partial charge on any atom is -0.393 e. The third-order valence-corrected chi connectivity index (χ3v) is 2.43. The van der Waals surface area contributed by atoms with E-state index >= 15 is 0 Å². The van der Waals surface area contributed by atoms with E-state index in [1.165, 1.54) is 24.8 Å². The fraction of sp³-hybridized carbons (Fsp3) is 0.538. The minimum absolute atomic E-state index is 0.133. The first-order valence-electron chi connectivity index (χ1n) is 5.51. The Labute approximate surface area is 86.8 Å². The molecule has 0 aliphatic carbocycles. The summed E-state index contributed by atoms with van der Waals surface area (Å²) < 4.78 is 0. The van der Waals surface area contributed by atoms with E-state index in [2.05, 4.69) is 30.3 Å². The summed E-state index contributed by atoms with van der Waals surface area (Å²) in [5.41, 5.74) is 1.42. The molecule has 1 N–H and O–H groups in total. The van der Waals surface area contributed by atoms with Gasteiger partial charge in [-0.3, -0.25) is 0 Å². The third kappa shape index (κ3) is 5.03. The van der Waals surface area contributed by atoms with Crippen LogP contribution in [-0.2, 0) is 6.42 Å². The molecule has 0 spiro atoms. The predicted molar refractivity (Wildman–Crippen MR) is 60.3 cm³/mol. The van der Waals surface area contributed by atoms with Gasteiger partial charge in [0.1, 0.15) is 0 Å². The standard InChI is InChI=1S/C13H20O/c1-12(14)8-4-2-5-9-13-10-6-3-7-11-13/h3,6-7,10-12,14H,2,4-5,8-9H2,1H3/t12-/m1/s1. The van der Waals surface area contributed by atoms with E-state index < -0.39 is 0 Å². The van der Waals surface area contributed by atoms with Crippen molar-refractivity contribution in [3.05, 3.63) is 35.9 Å². The Kier molecular flexibility index (Phi) is 5.31. The molecule has 0 amide bonds. The summed E-state index contributed by atoms with van der Waals surface area (Å²) in [6, 6.07) is 10.6. The van der Waals surface area contributed by atoms with Crippen LogP contribution in [0.5, 0.6) is 0 Å². The molecule has 0 fully saturated rings. The third-order valence-electron chi connectivity index (χ3n) is 2.43. The normalized spacial score (nSPS) is 12.7. The molecule has 0 radical (unpaired) electrons. The van der Waals surface area contributed by atoms with Gasteiger partial charge in [0.2, 0.25) is 0 Å². The Morgan fingerprint density at radius 3 is 2.43 bits per heavy atom. The number of hydrogen-bond acceptors (Lipinski definition) is 1. The molecule has 1 rings (SSSR count). The molecule has 0 saturated carbocycles. The molecule has 1 nitrogen and oxygen atoms in total. The number of aliphatic hydroxyl groups excluding tert-OH is 1. The molecule has 0 bridgehead atoms. The van der Waals surface area contributed by atoms with Crippen molar-refractivity contribution < 1.29 is 5.11 Å². The lowest BCUT2D eigenvalue weighted by molar-refractivity contribution is 0.180. The Morgan fingerprint density at radius 2 is 1.79 bits per heavy atom. The van der Waals surface area contributed by atoms with Crippen molar-refractivity contribution in [1.29, 1.82) is 0 Å². The van der Waals surface area contributed by atoms with Crippen LogP contribution in [0.15, 0.2) is 30.3 Å². The first-order chi connectivity index (χ1) is 6.79. The fourth-order valence-electron chi connectivity index (χ4n) is 1.59. The molecule has 14 heavy (non-hydrogen) atoms. The van der Waals surface area contributed by atoms with E-state index in [0.717, 1.165) is 12.8 Å². The summed E-state index contributed by atoms with van der Waals surface area (Å²) in [6.45, 7) is 1.86. The van der Waals surface area contributed by atoms with Crippen molar-refractivity contribution >= 4 is 0 Å². The predicted octanol–water partition coefficient (Wildman–Crippen LogP) is 3.17. The maximum Gasteiger partial charge on any atom is 0.0512 e. The molecule has 1 atom stereocenters. The number of benzene rings is 1. The molecule has 78 valence electrons. The highest BCUT2D eigenvalue weighted by Crippen LogP contribution is 2.08. The van der Waals surface area contributed by atoms with Crippen LogP contribution < -0.4 is 0 Å². The SMILES string of the molecule is C[C@@H](O)CCCCCc1ccccc1. The smallest absolute Gasteiger partial charge is 0.0512 e. The highest BCUT2D eigenvalue weighted by atomic mass is 16.3. The first kappa shape index (κ1) is 11.3. The lowest BCUT2D eigenvalue weighted by atomic mass is 10.1. The van der Waals surface area contributed by atoms with Crippen LogP contribution in [0, 0.1) is 0 Å². The topological polar surface area (TPSA) is 20.2 Å². The second kappa shape index (κ2) is 6.61. The van der Waals surface area contributed by atoms with Crippen LogP contribution in [-0.4, -0.2) is 11.2 Å². The molecule has 1 aromatic carbocycles. The molecule has 0 heterocycles. The summed E-state index contributed by atoms with van der Waals surface area (Å²) in [7, 11) is 0. The lowest BCUT2D eigenvalue weighted by Crippen LogP contribution is -1.98. The molecule has 0 aliphatic rings. The monoisotopic (exact) mass is 192 g/mol. The van der Waals surface area contributed by atoms with Crippen LogP contribution in [0.25, 0.3) is 0 Å².